The van der Waals surface area contributed by atoms with Crippen molar-refractivity contribution in [3.8, 4) is 11.5 Å². The fraction of sp³-hybridized carbons (Fsp3) is 0.625. The number of halogens is 2. The highest BCUT2D eigenvalue weighted by molar-refractivity contribution is 9.10. The van der Waals surface area contributed by atoms with Gasteiger partial charge in [0.1, 0.15) is 0 Å². The van der Waals surface area contributed by atoms with Crippen molar-refractivity contribution >= 4 is 31.9 Å². The second-order valence-corrected chi connectivity index (χ2v) is 7.32. The van der Waals surface area contributed by atoms with E-state index in [4.69, 9.17) is 9.47 Å². The Labute approximate surface area is 138 Å². The zero-order valence-electron chi connectivity index (χ0n) is 12.3. The molecular weight excluding hydrogens is 384 g/mol. The highest BCUT2D eigenvalue weighted by Gasteiger charge is 2.26. The lowest BCUT2D eigenvalue weighted by Gasteiger charge is -2.32. The van der Waals surface area contributed by atoms with Gasteiger partial charge < -0.3 is 9.47 Å². The van der Waals surface area contributed by atoms with Gasteiger partial charge >= 0.3 is 0 Å². The Kier molecular flexibility index (Phi) is 5.79. The van der Waals surface area contributed by atoms with Gasteiger partial charge in [0.05, 0.1) is 17.7 Å². The Hall–Kier alpha value is -0.220. The molecule has 0 spiro atoms. The van der Waals surface area contributed by atoms with E-state index in [1.807, 2.05) is 6.07 Å². The zero-order chi connectivity index (χ0) is 14.7. The number of hydrogen-bond acceptors (Lipinski definition) is 2. The number of hydrogen-bond donors (Lipinski definition) is 0. The smallest absolute Gasteiger partial charge is 0.175 e. The summed E-state index contributed by atoms with van der Waals surface area (Å²) in [6, 6.07) is 4.12. The van der Waals surface area contributed by atoms with Crippen LogP contribution in [0.5, 0.6) is 11.5 Å². The van der Waals surface area contributed by atoms with Crippen LogP contribution >= 0.6 is 31.9 Å². The van der Waals surface area contributed by atoms with Crippen molar-refractivity contribution in [2.75, 3.05) is 7.11 Å². The molecule has 0 radical (unpaired) electrons. The second-order valence-electron chi connectivity index (χ2n) is 5.90. The lowest BCUT2D eigenvalue weighted by atomic mass is 9.82. The number of methoxy groups -OCH3 is 1. The van der Waals surface area contributed by atoms with Crippen LogP contribution in [0.1, 0.15) is 38.7 Å². The molecule has 0 bridgehead atoms. The van der Waals surface area contributed by atoms with E-state index in [-0.39, 0.29) is 6.10 Å². The van der Waals surface area contributed by atoms with Crippen molar-refractivity contribution in [3.63, 3.8) is 0 Å². The fourth-order valence-electron chi connectivity index (χ4n) is 3.10. The van der Waals surface area contributed by atoms with E-state index in [0.29, 0.717) is 0 Å². The van der Waals surface area contributed by atoms with E-state index < -0.39 is 0 Å². The molecule has 1 fully saturated rings. The molecule has 4 heteroatoms. The minimum Gasteiger partial charge on any atom is -0.493 e. The van der Waals surface area contributed by atoms with Crippen LogP contribution in [-0.4, -0.2) is 13.2 Å². The van der Waals surface area contributed by atoms with E-state index in [9.17, 15) is 0 Å². The molecule has 0 aromatic heterocycles. The Morgan fingerprint density at radius 2 is 1.80 bits per heavy atom. The zero-order valence-corrected chi connectivity index (χ0v) is 15.5. The Morgan fingerprint density at radius 1 is 1.15 bits per heavy atom. The predicted octanol–water partition coefficient (Wildman–Crippen LogP) is 5.56. The molecule has 20 heavy (non-hydrogen) atoms. The summed E-state index contributed by atoms with van der Waals surface area (Å²) in [6.45, 7) is 4.62. The van der Waals surface area contributed by atoms with Gasteiger partial charge in [0.15, 0.2) is 11.5 Å². The Morgan fingerprint density at radius 3 is 2.35 bits per heavy atom. The summed E-state index contributed by atoms with van der Waals surface area (Å²) < 4.78 is 12.7. The lowest BCUT2D eigenvalue weighted by Crippen LogP contribution is -2.28. The highest BCUT2D eigenvalue weighted by atomic mass is 79.9. The summed E-state index contributed by atoms with van der Waals surface area (Å²) in [5.74, 6) is 3.11. The molecule has 1 aromatic rings. The van der Waals surface area contributed by atoms with Gasteiger partial charge in [-0.05, 0) is 64.7 Å². The lowest BCUT2D eigenvalue weighted by molar-refractivity contribution is 0.0972. The van der Waals surface area contributed by atoms with Crippen LogP contribution in [0, 0.1) is 11.8 Å². The molecule has 0 amide bonds. The van der Waals surface area contributed by atoms with Gasteiger partial charge in [0.2, 0.25) is 0 Å². The van der Waals surface area contributed by atoms with E-state index >= 15 is 0 Å². The average Bonchev–Trinajstić information content (AvgIpc) is 2.39. The van der Waals surface area contributed by atoms with Crippen LogP contribution in [0.3, 0.4) is 0 Å². The van der Waals surface area contributed by atoms with Gasteiger partial charge in [-0.3, -0.25) is 0 Å². The van der Waals surface area contributed by atoms with E-state index in [1.54, 1.807) is 7.11 Å². The summed E-state index contributed by atoms with van der Waals surface area (Å²) in [7, 11) is 1.69. The van der Waals surface area contributed by atoms with Crippen molar-refractivity contribution in [2.24, 2.45) is 11.8 Å². The highest BCUT2D eigenvalue weighted by Crippen LogP contribution is 2.40. The SMILES string of the molecule is COc1cc(CBr)cc(Br)c1OC1CC(C)CC(C)C1. The first-order valence-electron chi connectivity index (χ1n) is 7.12. The van der Waals surface area contributed by atoms with Gasteiger partial charge in [-0.2, -0.15) is 0 Å². The molecule has 2 rings (SSSR count). The number of alkyl halides is 1. The number of benzene rings is 1. The first-order valence-corrected chi connectivity index (χ1v) is 9.04. The maximum absolute atomic E-state index is 6.26. The van der Waals surface area contributed by atoms with E-state index in [1.165, 1.54) is 12.0 Å². The topological polar surface area (TPSA) is 18.5 Å². The van der Waals surface area contributed by atoms with E-state index in [2.05, 4.69) is 51.8 Å². The van der Waals surface area contributed by atoms with Gasteiger partial charge in [0.25, 0.3) is 0 Å². The first-order chi connectivity index (χ1) is 9.53. The molecule has 1 aliphatic rings. The third kappa shape index (κ3) is 3.91. The van der Waals surface area contributed by atoms with Gasteiger partial charge in [-0.15, -0.1) is 0 Å². The molecular formula is C16H22Br2O2. The molecule has 112 valence electrons. The quantitative estimate of drug-likeness (QED) is 0.610. The van der Waals surface area contributed by atoms with Crippen LogP contribution < -0.4 is 9.47 Å². The van der Waals surface area contributed by atoms with Gasteiger partial charge in [0, 0.05) is 5.33 Å². The number of rotatable bonds is 4. The third-order valence-corrected chi connectivity index (χ3v) is 5.10. The summed E-state index contributed by atoms with van der Waals surface area (Å²) in [6.07, 6.45) is 3.84. The van der Waals surface area contributed by atoms with Crippen molar-refractivity contribution in [1.82, 2.24) is 0 Å². The second kappa shape index (κ2) is 7.17. The van der Waals surface area contributed by atoms with Crippen LogP contribution in [0.4, 0.5) is 0 Å². The molecule has 2 nitrogen and oxygen atoms in total. The van der Waals surface area contributed by atoms with E-state index in [0.717, 1.165) is 46.0 Å². The Bertz CT molecular complexity index is 452. The normalized spacial score (nSPS) is 26.4. The van der Waals surface area contributed by atoms with Gasteiger partial charge in [-0.1, -0.05) is 29.8 Å². The first kappa shape index (κ1) is 16.2. The summed E-state index contributed by atoms with van der Waals surface area (Å²) in [5, 5.41) is 0.805. The molecule has 2 atom stereocenters. The number of ether oxygens (including phenoxy) is 2. The molecule has 1 aliphatic carbocycles. The summed E-state index contributed by atoms with van der Waals surface area (Å²) in [5.41, 5.74) is 1.17. The third-order valence-electron chi connectivity index (χ3n) is 3.86. The monoisotopic (exact) mass is 404 g/mol. The maximum Gasteiger partial charge on any atom is 0.175 e. The minimum absolute atomic E-state index is 0.286. The molecule has 2 unspecified atom stereocenters. The molecule has 1 saturated carbocycles. The average molecular weight is 406 g/mol. The van der Waals surface area contributed by atoms with Crippen LogP contribution in [0.15, 0.2) is 16.6 Å². The minimum atomic E-state index is 0.286. The fourth-order valence-corrected chi connectivity index (χ4v) is 4.01. The molecule has 0 saturated heterocycles. The van der Waals surface area contributed by atoms with Crippen molar-refractivity contribution < 1.29 is 9.47 Å². The summed E-state index contributed by atoms with van der Waals surface area (Å²) in [4.78, 5) is 0. The van der Waals surface area contributed by atoms with Crippen molar-refractivity contribution in [2.45, 2.75) is 44.5 Å². The largest absolute Gasteiger partial charge is 0.493 e. The van der Waals surface area contributed by atoms with Crippen LogP contribution in [0.25, 0.3) is 0 Å². The standard InChI is InChI=1S/C16H22Br2O2/c1-10-4-11(2)6-13(5-10)20-16-14(18)7-12(9-17)8-15(16)19-3/h7-8,10-11,13H,4-6,9H2,1-3H3. The van der Waals surface area contributed by atoms with Gasteiger partial charge in [-0.25, -0.2) is 0 Å². The Balaban J connectivity index is 2.20. The predicted molar refractivity (Wildman–Crippen MR) is 89.9 cm³/mol. The van der Waals surface area contributed by atoms with Crippen molar-refractivity contribution in [3.05, 3.63) is 22.2 Å². The summed E-state index contributed by atoms with van der Waals surface area (Å²) >= 11 is 7.09. The molecule has 0 heterocycles. The van der Waals surface area contributed by atoms with Crippen LogP contribution in [-0.2, 0) is 5.33 Å². The molecule has 1 aromatic carbocycles. The maximum atomic E-state index is 6.26. The molecule has 0 N–H and O–H groups in total. The van der Waals surface area contributed by atoms with Crippen LogP contribution in [0.2, 0.25) is 0 Å². The van der Waals surface area contributed by atoms with Crippen molar-refractivity contribution in [1.29, 1.82) is 0 Å². The molecule has 0 aliphatic heterocycles.